The van der Waals surface area contributed by atoms with Gasteiger partial charge in [-0.25, -0.2) is 13.1 Å². The number of methoxy groups -OCH3 is 1. The Labute approximate surface area is 171 Å². The quantitative estimate of drug-likeness (QED) is 0.426. The first-order valence-electron chi connectivity index (χ1n) is 8.60. The molecule has 0 bridgehead atoms. The SMILES string of the molecule is COc1ccc(-c2nnc3ccc(OCCNS(=O)(=O)c4cccs4)nn23)cc1. The van der Waals surface area contributed by atoms with Crippen molar-refractivity contribution in [3.05, 3.63) is 53.9 Å². The molecule has 0 saturated carbocycles. The summed E-state index contributed by atoms with van der Waals surface area (Å²) in [6.07, 6.45) is 0. The van der Waals surface area contributed by atoms with Gasteiger partial charge in [0.05, 0.1) is 7.11 Å². The lowest BCUT2D eigenvalue weighted by molar-refractivity contribution is 0.306. The Morgan fingerprint density at radius 3 is 2.66 bits per heavy atom. The third-order valence-corrected chi connectivity index (χ3v) is 6.85. The van der Waals surface area contributed by atoms with Crippen molar-refractivity contribution < 1.29 is 17.9 Å². The summed E-state index contributed by atoms with van der Waals surface area (Å²) in [5.41, 5.74) is 1.40. The normalized spacial score (nSPS) is 11.6. The van der Waals surface area contributed by atoms with Crippen LogP contribution in [0.5, 0.6) is 11.6 Å². The molecular weight excluding hydrogens is 414 g/mol. The Balaban J connectivity index is 1.44. The van der Waals surface area contributed by atoms with Crippen LogP contribution in [-0.2, 0) is 10.0 Å². The summed E-state index contributed by atoms with van der Waals surface area (Å²) in [5.74, 6) is 1.64. The third-order valence-electron chi connectivity index (χ3n) is 3.99. The molecule has 0 aliphatic rings. The molecule has 29 heavy (non-hydrogen) atoms. The van der Waals surface area contributed by atoms with Crippen molar-refractivity contribution in [1.29, 1.82) is 0 Å². The smallest absolute Gasteiger partial charge is 0.250 e. The van der Waals surface area contributed by atoms with Crippen LogP contribution in [0.3, 0.4) is 0 Å². The molecule has 0 aliphatic heterocycles. The van der Waals surface area contributed by atoms with Crippen LogP contribution in [0.1, 0.15) is 0 Å². The van der Waals surface area contributed by atoms with Gasteiger partial charge in [0, 0.05) is 18.2 Å². The molecule has 11 heteroatoms. The third kappa shape index (κ3) is 4.21. The molecule has 0 saturated heterocycles. The molecule has 1 aromatic carbocycles. The number of hydrogen-bond donors (Lipinski definition) is 1. The zero-order valence-electron chi connectivity index (χ0n) is 15.3. The van der Waals surface area contributed by atoms with Gasteiger partial charge in [-0.3, -0.25) is 0 Å². The Morgan fingerprint density at radius 2 is 1.93 bits per heavy atom. The van der Waals surface area contributed by atoms with Crippen molar-refractivity contribution in [3.8, 4) is 23.0 Å². The topological polar surface area (TPSA) is 108 Å². The van der Waals surface area contributed by atoms with Crippen molar-refractivity contribution in [1.82, 2.24) is 24.5 Å². The molecule has 1 N–H and O–H groups in total. The van der Waals surface area contributed by atoms with Crippen molar-refractivity contribution in [2.45, 2.75) is 4.21 Å². The van der Waals surface area contributed by atoms with Gasteiger partial charge in [0.2, 0.25) is 15.9 Å². The summed E-state index contributed by atoms with van der Waals surface area (Å²) >= 11 is 1.16. The number of benzene rings is 1. The number of ether oxygens (including phenoxy) is 2. The zero-order chi connectivity index (χ0) is 20.3. The molecule has 0 fully saturated rings. The lowest BCUT2D eigenvalue weighted by Crippen LogP contribution is -2.27. The molecular formula is C18H17N5O4S2. The molecule has 0 amide bonds. The minimum Gasteiger partial charge on any atom is -0.497 e. The second-order valence-electron chi connectivity index (χ2n) is 5.87. The highest BCUT2D eigenvalue weighted by Crippen LogP contribution is 2.22. The first kappa shape index (κ1) is 19.3. The van der Waals surface area contributed by atoms with Crippen LogP contribution in [0.2, 0.25) is 0 Å². The molecule has 3 aromatic heterocycles. The van der Waals surface area contributed by atoms with Crippen molar-refractivity contribution >= 4 is 27.0 Å². The summed E-state index contributed by atoms with van der Waals surface area (Å²) < 4.78 is 39.3. The van der Waals surface area contributed by atoms with E-state index in [0.717, 1.165) is 22.6 Å². The van der Waals surface area contributed by atoms with E-state index in [1.165, 1.54) is 0 Å². The van der Waals surface area contributed by atoms with Gasteiger partial charge in [0.1, 0.15) is 16.6 Å². The monoisotopic (exact) mass is 431 g/mol. The molecule has 0 unspecified atom stereocenters. The second kappa shape index (κ2) is 8.15. The number of rotatable bonds is 8. The minimum absolute atomic E-state index is 0.119. The Hall–Kier alpha value is -3.02. The van der Waals surface area contributed by atoms with Gasteiger partial charge in [0.15, 0.2) is 11.5 Å². The van der Waals surface area contributed by atoms with Crippen LogP contribution >= 0.6 is 11.3 Å². The van der Waals surface area contributed by atoms with Crippen molar-refractivity contribution in [2.75, 3.05) is 20.3 Å². The summed E-state index contributed by atoms with van der Waals surface area (Å²) in [6, 6.07) is 14.0. The summed E-state index contributed by atoms with van der Waals surface area (Å²) in [6.45, 7) is 0.247. The summed E-state index contributed by atoms with van der Waals surface area (Å²) in [7, 11) is -1.91. The first-order chi connectivity index (χ1) is 14.1. The van der Waals surface area contributed by atoms with Crippen LogP contribution < -0.4 is 14.2 Å². The Bertz CT molecular complexity index is 1210. The van der Waals surface area contributed by atoms with E-state index in [1.807, 2.05) is 24.3 Å². The van der Waals surface area contributed by atoms with Crippen molar-refractivity contribution in [2.24, 2.45) is 0 Å². The number of aromatic nitrogens is 4. The minimum atomic E-state index is -3.51. The molecule has 4 aromatic rings. The van der Waals surface area contributed by atoms with Crippen LogP contribution in [0.25, 0.3) is 17.0 Å². The first-order valence-corrected chi connectivity index (χ1v) is 11.0. The molecule has 0 spiro atoms. The van der Waals surface area contributed by atoms with Gasteiger partial charge in [-0.1, -0.05) is 6.07 Å². The van der Waals surface area contributed by atoms with E-state index in [4.69, 9.17) is 9.47 Å². The molecule has 9 nitrogen and oxygen atoms in total. The maximum atomic E-state index is 12.1. The molecule has 3 heterocycles. The number of sulfonamides is 1. The summed E-state index contributed by atoms with van der Waals surface area (Å²) in [5, 5.41) is 14.4. The van der Waals surface area contributed by atoms with Crippen molar-refractivity contribution in [3.63, 3.8) is 0 Å². The summed E-state index contributed by atoms with van der Waals surface area (Å²) in [4.78, 5) is 0. The second-order valence-corrected chi connectivity index (χ2v) is 8.81. The van der Waals surface area contributed by atoms with E-state index in [2.05, 4.69) is 20.0 Å². The van der Waals surface area contributed by atoms with E-state index in [9.17, 15) is 8.42 Å². The van der Waals surface area contributed by atoms with E-state index < -0.39 is 10.0 Å². The maximum Gasteiger partial charge on any atom is 0.250 e. The predicted octanol–water partition coefficient (Wildman–Crippen LogP) is 2.22. The Morgan fingerprint density at radius 1 is 1.10 bits per heavy atom. The largest absolute Gasteiger partial charge is 0.497 e. The van der Waals surface area contributed by atoms with Crippen LogP contribution in [-0.4, -0.2) is 48.5 Å². The number of thiophene rings is 1. The number of nitrogens with zero attached hydrogens (tertiary/aromatic N) is 4. The molecule has 0 aliphatic carbocycles. The fraction of sp³-hybridized carbons (Fsp3) is 0.167. The zero-order valence-corrected chi connectivity index (χ0v) is 17.0. The Kier molecular flexibility index (Phi) is 5.43. The molecule has 150 valence electrons. The van der Waals surface area contributed by atoms with Gasteiger partial charge in [-0.2, -0.15) is 4.52 Å². The van der Waals surface area contributed by atoms with E-state index in [1.54, 1.807) is 41.3 Å². The number of hydrogen-bond acceptors (Lipinski definition) is 8. The molecule has 4 rings (SSSR count). The van der Waals surface area contributed by atoms with Gasteiger partial charge >= 0.3 is 0 Å². The fourth-order valence-electron chi connectivity index (χ4n) is 2.59. The molecule has 0 atom stereocenters. The van der Waals surface area contributed by atoms with Gasteiger partial charge in [-0.15, -0.1) is 26.6 Å². The highest BCUT2D eigenvalue weighted by atomic mass is 32.2. The number of nitrogens with one attached hydrogen (secondary N) is 1. The predicted molar refractivity (Wildman–Crippen MR) is 108 cm³/mol. The van der Waals surface area contributed by atoms with Gasteiger partial charge in [0.25, 0.3) is 0 Å². The average Bonchev–Trinajstić information content (AvgIpc) is 3.42. The highest BCUT2D eigenvalue weighted by molar-refractivity contribution is 7.91. The highest BCUT2D eigenvalue weighted by Gasteiger charge is 2.14. The van der Waals surface area contributed by atoms with Crippen LogP contribution in [0.4, 0.5) is 0 Å². The number of fused-ring (bicyclic) bond motifs is 1. The van der Waals surface area contributed by atoms with E-state index in [-0.39, 0.29) is 17.4 Å². The standard InChI is InChI=1S/C18H17N5O4S2/c1-26-14-6-4-13(5-7-14)18-21-20-15-8-9-16(22-23(15)18)27-11-10-19-29(24,25)17-3-2-12-28-17/h2-9,12,19H,10-11H2,1H3. The maximum absolute atomic E-state index is 12.1. The van der Waals surface area contributed by atoms with Gasteiger partial charge < -0.3 is 9.47 Å². The van der Waals surface area contributed by atoms with E-state index in [0.29, 0.717) is 17.4 Å². The molecule has 0 radical (unpaired) electrons. The average molecular weight is 431 g/mol. The van der Waals surface area contributed by atoms with Gasteiger partial charge in [-0.05, 0) is 41.8 Å². The lowest BCUT2D eigenvalue weighted by atomic mass is 10.2. The van der Waals surface area contributed by atoms with E-state index >= 15 is 0 Å². The van der Waals surface area contributed by atoms with Crippen LogP contribution in [0.15, 0.2) is 58.1 Å². The lowest BCUT2D eigenvalue weighted by Gasteiger charge is -2.07. The van der Waals surface area contributed by atoms with Crippen LogP contribution in [0, 0.1) is 0 Å². The fourth-order valence-corrected chi connectivity index (χ4v) is 4.64.